The molecule has 0 aliphatic heterocycles. The van der Waals surface area contributed by atoms with Crippen LogP contribution >= 0.6 is 0 Å². The minimum Gasteiger partial charge on any atom is -0.285 e. The van der Waals surface area contributed by atoms with Crippen molar-refractivity contribution in [2.75, 3.05) is 0 Å². The lowest BCUT2D eigenvalue weighted by Crippen LogP contribution is -1.90. The first kappa shape index (κ1) is 10.7. The molecule has 2 rings (SSSR count). The highest BCUT2D eigenvalue weighted by molar-refractivity contribution is 5.73. The number of aromatic nitrogens is 2. The van der Waals surface area contributed by atoms with Crippen LogP contribution in [0.1, 0.15) is 23.6 Å². The van der Waals surface area contributed by atoms with Crippen LogP contribution in [0.3, 0.4) is 0 Å². The molecule has 0 unspecified atom stereocenters. The average molecular weight is 212 g/mol. The van der Waals surface area contributed by atoms with Crippen molar-refractivity contribution in [1.82, 2.24) is 10.2 Å². The number of aromatic amines is 1. The van der Waals surface area contributed by atoms with E-state index in [1.54, 1.807) is 0 Å². The number of rotatable bonds is 2. The molecule has 0 spiro atoms. The van der Waals surface area contributed by atoms with Crippen LogP contribution in [0.5, 0.6) is 0 Å². The topological polar surface area (TPSA) is 28.7 Å². The number of nitrogens with one attached hydrogen (secondary N) is 1. The molecule has 0 aliphatic carbocycles. The third-order valence-corrected chi connectivity index (χ3v) is 2.84. The van der Waals surface area contributed by atoms with Crippen molar-refractivity contribution in [3.05, 3.63) is 47.8 Å². The zero-order valence-electron chi connectivity index (χ0n) is 9.96. The third kappa shape index (κ3) is 1.78. The zero-order chi connectivity index (χ0) is 11.7. The molecule has 82 valence electrons. The van der Waals surface area contributed by atoms with Gasteiger partial charge in [0.15, 0.2) is 0 Å². The molecule has 0 fully saturated rings. The SMILES string of the molecule is C=C(C)c1cc(C)c(-c2cn[nH]c2)cc1C. The summed E-state index contributed by atoms with van der Waals surface area (Å²) in [4.78, 5) is 0. The van der Waals surface area contributed by atoms with Gasteiger partial charge in [-0.3, -0.25) is 5.10 Å². The Kier molecular flexibility index (Phi) is 2.65. The minimum absolute atomic E-state index is 1.11. The highest BCUT2D eigenvalue weighted by Gasteiger charge is 2.07. The lowest BCUT2D eigenvalue weighted by Gasteiger charge is -2.11. The summed E-state index contributed by atoms with van der Waals surface area (Å²) in [5.41, 5.74) is 7.23. The largest absolute Gasteiger partial charge is 0.285 e. The van der Waals surface area contributed by atoms with Crippen LogP contribution in [-0.2, 0) is 0 Å². The van der Waals surface area contributed by atoms with Gasteiger partial charge >= 0.3 is 0 Å². The quantitative estimate of drug-likeness (QED) is 0.807. The highest BCUT2D eigenvalue weighted by Crippen LogP contribution is 2.28. The van der Waals surface area contributed by atoms with Crippen LogP contribution in [-0.4, -0.2) is 10.2 Å². The Morgan fingerprint density at radius 1 is 1.25 bits per heavy atom. The van der Waals surface area contributed by atoms with Gasteiger partial charge in [-0.1, -0.05) is 24.3 Å². The predicted octanol–water partition coefficient (Wildman–Crippen LogP) is 3.73. The van der Waals surface area contributed by atoms with E-state index >= 15 is 0 Å². The van der Waals surface area contributed by atoms with E-state index in [0.717, 1.165) is 11.1 Å². The van der Waals surface area contributed by atoms with E-state index in [-0.39, 0.29) is 0 Å². The molecular formula is C14H16N2. The van der Waals surface area contributed by atoms with Crippen LogP contribution in [0.25, 0.3) is 16.7 Å². The number of benzene rings is 1. The average Bonchev–Trinajstić information content (AvgIpc) is 2.73. The van der Waals surface area contributed by atoms with Gasteiger partial charge in [-0.15, -0.1) is 0 Å². The summed E-state index contributed by atoms with van der Waals surface area (Å²) in [6, 6.07) is 4.39. The van der Waals surface area contributed by atoms with Crippen molar-refractivity contribution in [3.63, 3.8) is 0 Å². The van der Waals surface area contributed by atoms with Crippen molar-refractivity contribution in [2.45, 2.75) is 20.8 Å². The predicted molar refractivity (Wildman–Crippen MR) is 68.2 cm³/mol. The summed E-state index contributed by atoms with van der Waals surface area (Å²) in [5.74, 6) is 0. The van der Waals surface area contributed by atoms with E-state index in [0.29, 0.717) is 0 Å². The molecule has 1 aromatic carbocycles. The molecule has 1 aromatic heterocycles. The molecule has 2 aromatic rings. The first-order valence-corrected chi connectivity index (χ1v) is 5.36. The van der Waals surface area contributed by atoms with E-state index in [2.05, 4.69) is 42.8 Å². The smallest absolute Gasteiger partial charge is 0.0565 e. The van der Waals surface area contributed by atoms with Crippen molar-refractivity contribution < 1.29 is 0 Å². The molecule has 0 bridgehead atoms. The number of allylic oxidation sites excluding steroid dienone is 1. The number of aryl methyl sites for hydroxylation is 2. The summed E-state index contributed by atoms with van der Waals surface area (Å²) in [5, 5.41) is 6.83. The van der Waals surface area contributed by atoms with Gasteiger partial charge in [0.2, 0.25) is 0 Å². The van der Waals surface area contributed by atoms with Crippen molar-refractivity contribution in [2.24, 2.45) is 0 Å². The Morgan fingerprint density at radius 2 is 2.00 bits per heavy atom. The Balaban J connectivity index is 2.59. The maximum absolute atomic E-state index is 4.00. The van der Waals surface area contributed by atoms with Gasteiger partial charge < -0.3 is 0 Å². The van der Waals surface area contributed by atoms with Crippen LogP contribution in [0, 0.1) is 13.8 Å². The Bertz CT molecular complexity index is 522. The van der Waals surface area contributed by atoms with E-state index in [9.17, 15) is 0 Å². The molecule has 2 nitrogen and oxygen atoms in total. The summed E-state index contributed by atoms with van der Waals surface area (Å²) < 4.78 is 0. The van der Waals surface area contributed by atoms with E-state index in [1.165, 1.54) is 22.3 Å². The second-order valence-electron chi connectivity index (χ2n) is 4.25. The van der Waals surface area contributed by atoms with Crippen LogP contribution in [0.15, 0.2) is 31.1 Å². The molecule has 2 heteroatoms. The summed E-state index contributed by atoms with van der Waals surface area (Å²) in [6.07, 6.45) is 3.77. The molecule has 16 heavy (non-hydrogen) atoms. The molecule has 0 saturated carbocycles. The molecule has 0 radical (unpaired) electrons. The van der Waals surface area contributed by atoms with Crippen LogP contribution in [0.4, 0.5) is 0 Å². The monoisotopic (exact) mass is 212 g/mol. The van der Waals surface area contributed by atoms with Gasteiger partial charge in [-0.25, -0.2) is 0 Å². The molecule has 0 saturated heterocycles. The van der Waals surface area contributed by atoms with E-state index < -0.39 is 0 Å². The van der Waals surface area contributed by atoms with E-state index in [1.807, 2.05) is 19.3 Å². The maximum atomic E-state index is 4.00. The lowest BCUT2D eigenvalue weighted by atomic mass is 9.94. The zero-order valence-corrected chi connectivity index (χ0v) is 9.96. The van der Waals surface area contributed by atoms with E-state index in [4.69, 9.17) is 0 Å². The van der Waals surface area contributed by atoms with Gasteiger partial charge in [0.1, 0.15) is 0 Å². The van der Waals surface area contributed by atoms with Gasteiger partial charge in [-0.05, 0) is 43.0 Å². The maximum Gasteiger partial charge on any atom is 0.0565 e. The molecule has 0 aliphatic rings. The fourth-order valence-corrected chi connectivity index (χ4v) is 1.99. The van der Waals surface area contributed by atoms with Gasteiger partial charge in [0.25, 0.3) is 0 Å². The third-order valence-electron chi connectivity index (χ3n) is 2.84. The fourth-order valence-electron chi connectivity index (χ4n) is 1.99. The Morgan fingerprint density at radius 3 is 2.56 bits per heavy atom. The Labute approximate surface area is 96.0 Å². The van der Waals surface area contributed by atoms with Crippen LogP contribution < -0.4 is 0 Å². The number of nitrogens with zero attached hydrogens (tertiary/aromatic N) is 1. The minimum atomic E-state index is 1.11. The molecule has 1 N–H and O–H groups in total. The van der Waals surface area contributed by atoms with Gasteiger partial charge in [0, 0.05) is 11.8 Å². The summed E-state index contributed by atoms with van der Waals surface area (Å²) in [7, 11) is 0. The summed E-state index contributed by atoms with van der Waals surface area (Å²) in [6.45, 7) is 10.3. The number of hydrogen-bond acceptors (Lipinski definition) is 1. The van der Waals surface area contributed by atoms with Crippen LogP contribution in [0.2, 0.25) is 0 Å². The standard InChI is InChI=1S/C14H16N2/c1-9(2)13-5-11(4)14(6-10(13)3)12-7-15-16-8-12/h5-8H,1H2,2-4H3,(H,15,16). The first-order valence-electron chi connectivity index (χ1n) is 5.36. The summed E-state index contributed by atoms with van der Waals surface area (Å²) >= 11 is 0. The fraction of sp³-hybridized carbons (Fsp3) is 0.214. The molecule has 0 atom stereocenters. The number of H-pyrrole nitrogens is 1. The molecule has 0 amide bonds. The van der Waals surface area contributed by atoms with Crippen molar-refractivity contribution >= 4 is 5.57 Å². The number of hydrogen-bond donors (Lipinski definition) is 1. The molecule has 1 heterocycles. The normalized spacial score (nSPS) is 10.4. The van der Waals surface area contributed by atoms with Crippen molar-refractivity contribution in [3.8, 4) is 11.1 Å². The Hall–Kier alpha value is -1.83. The first-order chi connectivity index (χ1) is 7.59. The molecular weight excluding hydrogens is 196 g/mol. The highest BCUT2D eigenvalue weighted by atomic mass is 15.1. The van der Waals surface area contributed by atoms with Gasteiger partial charge in [0.05, 0.1) is 6.20 Å². The van der Waals surface area contributed by atoms with Gasteiger partial charge in [-0.2, -0.15) is 5.10 Å². The second-order valence-corrected chi connectivity index (χ2v) is 4.25. The second kappa shape index (κ2) is 3.97. The lowest BCUT2D eigenvalue weighted by molar-refractivity contribution is 1.09. The van der Waals surface area contributed by atoms with Crippen molar-refractivity contribution in [1.29, 1.82) is 0 Å².